The molecule has 3 rings (SSSR count). The summed E-state index contributed by atoms with van der Waals surface area (Å²) < 4.78 is 10.4. The molecule has 5 N–H and O–H groups in total. The first-order valence-corrected chi connectivity index (χ1v) is 15.2. The molecule has 1 heterocycles. The van der Waals surface area contributed by atoms with Gasteiger partial charge in [-0.05, 0) is 95.5 Å². The van der Waals surface area contributed by atoms with Crippen LogP contribution in [0.5, 0.6) is 0 Å². The molecule has 2 aromatic rings. The molecule has 0 unspecified atom stereocenters. The SMILES string of the molecule is CCOC(=O)[C@@H]1C[C@@H](CCCC(=O)NCC(=O)Nc2ccc(N=Nc3ccc(NC(=O)CN)cc3)cc2)C(=O)N1C(=O)OC(C)(C)C. The van der Waals surface area contributed by atoms with Crippen LogP contribution < -0.4 is 21.7 Å². The van der Waals surface area contributed by atoms with Crippen LogP contribution in [0.15, 0.2) is 58.8 Å². The van der Waals surface area contributed by atoms with Gasteiger partial charge in [0, 0.05) is 23.7 Å². The first-order valence-electron chi connectivity index (χ1n) is 15.2. The van der Waals surface area contributed by atoms with Gasteiger partial charge in [-0.25, -0.2) is 14.5 Å². The summed E-state index contributed by atoms with van der Waals surface area (Å²) >= 11 is 0. The highest BCUT2D eigenvalue weighted by Gasteiger charge is 2.48. The topological polar surface area (TPSA) is 211 Å². The minimum atomic E-state index is -1.09. The molecule has 0 bridgehead atoms. The lowest BCUT2D eigenvalue weighted by Gasteiger charge is -2.26. The van der Waals surface area contributed by atoms with E-state index in [0.717, 1.165) is 4.90 Å². The number of azo groups is 1. The summed E-state index contributed by atoms with van der Waals surface area (Å²) in [6.07, 6.45) is -0.241. The zero-order valence-electron chi connectivity index (χ0n) is 26.9. The van der Waals surface area contributed by atoms with Crippen LogP contribution in [0.25, 0.3) is 0 Å². The third-order valence-electron chi connectivity index (χ3n) is 6.73. The fourth-order valence-corrected chi connectivity index (χ4v) is 4.57. The summed E-state index contributed by atoms with van der Waals surface area (Å²) in [5.74, 6) is -3.02. The van der Waals surface area contributed by atoms with E-state index < -0.39 is 41.4 Å². The van der Waals surface area contributed by atoms with Crippen molar-refractivity contribution >= 4 is 58.4 Å². The first kappa shape index (κ1) is 36.3. The van der Waals surface area contributed by atoms with Crippen molar-refractivity contribution in [3.8, 4) is 0 Å². The molecule has 1 aliphatic heterocycles. The van der Waals surface area contributed by atoms with Crippen LogP contribution in [0.1, 0.15) is 53.4 Å². The number of amides is 5. The van der Waals surface area contributed by atoms with Crippen LogP contribution >= 0.6 is 0 Å². The molecule has 1 aliphatic rings. The van der Waals surface area contributed by atoms with Crippen LogP contribution in [0, 0.1) is 5.92 Å². The highest BCUT2D eigenvalue weighted by Crippen LogP contribution is 2.31. The standard InChI is InChI=1S/C32H41N7O8/c1-5-46-30(44)25-17-20(29(43)39(25)31(45)47-32(2,3)4)7-6-8-26(40)34-19-28(42)36-22-11-15-24(16-12-22)38-37-23-13-9-21(10-14-23)35-27(41)18-33/h9-16,20,25H,5-8,17-19,33H2,1-4H3,(H,34,40)(H,35,41)(H,36,42)/t20-,25+/m1/s1. The number of imide groups is 1. The summed E-state index contributed by atoms with van der Waals surface area (Å²) in [7, 11) is 0. The lowest BCUT2D eigenvalue weighted by molar-refractivity contribution is -0.151. The average molecular weight is 652 g/mol. The molecule has 47 heavy (non-hydrogen) atoms. The average Bonchev–Trinajstić information content (AvgIpc) is 3.35. The van der Waals surface area contributed by atoms with E-state index in [9.17, 15) is 28.8 Å². The van der Waals surface area contributed by atoms with Gasteiger partial charge in [0.25, 0.3) is 0 Å². The number of esters is 1. The molecule has 15 nitrogen and oxygen atoms in total. The van der Waals surface area contributed by atoms with E-state index in [2.05, 4.69) is 26.2 Å². The second-order valence-corrected chi connectivity index (χ2v) is 11.7. The Labute approximate surface area is 272 Å². The van der Waals surface area contributed by atoms with Gasteiger partial charge < -0.3 is 31.2 Å². The molecular formula is C32H41N7O8. The van der Waals surface area contributed by atoms with Crippen molar-refractivity contribution in [2.45, 2.75) is 65.0 Å². The molecule has 252 valence electrons. The smallest absolute Gasteiger partial charge is 0.417 e. The van der Waals surface area contributed by atoms with Crippen LogP contribution in [-0.4, -0.2) is 71.9 Å². The second-order valence-electron chi connectivity index (χ2n) is 11.7. The summed E-state index contributed by atoms with van der Waals surface area (Å²) in [6, 6.07) is 12.3. The van der Waals surface area contributed by atoms with E-state index in [1.54, 1.807) is 76.2 Å². The van der Waals surface area contributed by atoms with Gasteiger partial charge in [0.1, 0.15) is 11.6 Å². The number of nitrogens with zero attached hydrogens (tertiary/aromatic N) is 3. The summed E-state index contributed by atoms with van der Waals surface area (Å²) in [5, 5.41) is 16.2. The van der Waals surface area contributed by atoms with Gasteiger partial charge in [-0.2, -0.15) is 10.2 Å². The second kappa shape index (κ2) is 16.9. The molecule has 2 atom stereocenters. The number of rotatable bonds is 13. The maximum absolute atomic E-state index is 13.0. The van der Waals surface area contributed by atoms with Crippen LogP contribution in [0.3, 0.4) is 0 Å². The lowest BCUT2D eigenvalue weighted by Crippen LogP contribution is -2.46. The third-order valence-corrected chi connectivity index (χ3v) is 6.73. The van der Waals surface area contributed by atoms with E-state index >= 15 is 0 Å². The number of likely N-dealkylation sites (tertiary alicyclic amines) is 1. The minimum Gasteiger partial charge on any atom is -0.464 e. The van der Waals surface area contributed by atoms with Crippen molar-refractivity contribution in [2.75, 3.05) is 30.3 Å². The third kappa shape index (κ3) is 11.6. The lowest BCUT2D eigenvalue weighted by atomic mass is 9.98. The molecule has 0 saturated carbocycles. The predicted molar refractivity (Wildman–Crippen MR) is 172 cm³/mol. The van der Waals surface area contributed by atoms with Gasteiger partial charge in [0.15, 0.2) is 0 Å². The van der Waals surface area contributed by atoms with Crippen molar-refractivity contribution in [1.82, 2.24) is 10.2 Å². The zero-order valence-corrected chi connectivity index (χ0v) is 26.9. The normalized spacial score (nSPS) is 16.1. The number of ether oxygens (including phenoxy) is 2. The summed E-state index contributed by atoms with van der Waals surface area (Å²) in [5.41, 5.74) is 6.62. The highest BCUT2D eigenvalue weighted by molar-refractivity contribution is 6.01. The maximum Gasteiger partial charge on any atom is 0.417 e. The Balaban J connectivity index is 1.42. The quantitative estimate of drug-likeness (QED) is 0.182. The van der Waals surface area contributed by atoms with E-state index in [1.165, 1.54) is 0 Å². The molecule has 2 aromatic carbocycles. The van der Waals surface area contributed by atoms with Gasteiger partial charge in [-0.1, -0.05) is 0 Å². The molecule has 1 saturated heterocycles. The number of nitrogens with two attached hydrogens (primary N) is 1. The Kier molecular flexibility index (Phi) is 13.1. The number of carbonyl (C=O) groups excluding carboxylic acids is 6. The van der Waals surface area contributed by atoms with E-state index in [0.29, 0.717) is 29.2 Å². The molecule has 0 aromatic heterocycles. The monoisotopic (exact) mass is 651 g/mol. The van der Waals surface area contributed by atoms with E-state index in [4.69, 9.17) is 15.2 Å². The molecular weight excluding hydrogens is 610 g/mol. The van der Waals surface area contributed by atoms with Crippen molar-refractivity contribution in [3.05, 3.63) is 48.5 Å². The van der Waals surface area contributed by atoms with Gasteiger partial charge in [0.2, 0.25) is 23.6 Å². The Morgan fingerprint density at radius 2 is 1.45 bits per heavy atom. The number of hydrogen-bond donors (Lipinski definition) is 4. The summed E-state index contributed by atoms with van der Waals surface area (Å²) in [4.78, 5) is 75.1. The Morgan fingerprint density at radius 3 is 1.96 bits per heavy atom. The number of benzene rings is 2. The largest absolute Gasteiger partial charge is 0.464 e. The Bertz CT molecular complexity index is 1470. The van der Waals surface area contributed by atoms with Gasteiger partial charge in [0.05, 0.1) is 31.1 Å². The van der Waals surface area contributed by atoms with Crippen molar-refractivity contribution in [3.63, 3.8) is 0 Å². The molecule has 1 fully saturated rings. The Hall–Kier alpha value is -5.18. The van der Waals surface area contributed by atoms with Crippen LogP contribution in [-0.2, 0) is 33.4 Å². The van der Waals surface area contributed by atoms with E-state index in [1.807, 2.05) is 0 Å². The molecule has 0 aliphatic carbocycles. The maximum atomic E-state index is 13.0. The first-order chi connectivity index (χ1) is 22.3. The highest BCUT2D eigenvalue weighted by atomic mass is 16.6. The van der Waals surface area contributed by atoms with Gasteiger partial charge in [-0.3, -0.25) is 19.2 Å². The van der Waals surface area contributed by atoms with Crippen molar-refractivity contribution < 1.29 is 38.2 Å². The number of anilines is 2. The minimum absolute atomic E-state index is 0.0400. The Morgan fingerprint density at radius 1 is 0.894 bits per heavy atom. The number of hydrogen-bond acceptors (Lipinski definition) is 11. The van der Waals surface area contributed by atoms with Crippen molar-refractivity contribution in [2.24, 2.45) is 21.9 Å². The van der Waals surface area contributed by atoms with Crippen LogP contribution in [0.2, 0.25) is 0 Å². The molecule has 5 amide bonds. The number of nitrogens with one attached hydrogen (secondary N) is 3. The zero-order chi connectivity index (χ0) is 34.6. The molecule has 15 heteroatoms. The fraction of sp³-hybridized carbons (Fsp3) is 0.438. The predicted octanol–water partition coefficient (Wildman–Crippen LogP) is 3.94. The van der Waals surface area contributed by atoms with Crippen LogP contribution in [0.4, 0.5) is 27.5 Å². The van der Waals surface area contributed by atoms with E-state index in [-0.39, 0.29) is 50.8 Å². The molecule has 0 radical (unpaired) electrons. The van der Waals surface area contributed by atoms with Crippen molar-refractivity contribution in [1.29, 1.82) is 0 Å². The van der Waals surface area contributed by atoms with Gasteiger partial charge in [-0.15, -0.1) is 0 Å². The van der Waals surface area contributed by atoms with Gasteiger partial charge >= 0.3 is 12.1 Å². The molecule has 0 spiro atoms. The fourth-order valence-electron chi connectivity index (χ4n) is 4.57. The number of carbonyl (C=O) groups is 6. The summed E-state index contributed by atoms with van der Waals surface area (Å²) in [6.45, 7) is 6.32.